The molecule has 0 bridgehead atoms. The largest absolute Gasteiger partial charge is 0.465 e. The summed E-state index contributed by atoms with van der Waals surface area (Å²) >= 11 is 8.82. The van der Waals surface area contributed by atoms with Crippen molar-refractivity contribution in [2.24, 2.45) is 0 Å². The van der Waals surface area contributed by atoms with Crippen LogP contribution < -0.4 is 0 Å². The van der Waals surface area contributed by atoms with Crippen LogP contribution in [0.25, 0.3) is 0 Å². The standard InChI is InChI=1S/C12H12BrClO3/c1-17-12(16)10-5-8(7-13)4-9(6-10)11(15)2-3-14/h4-6H,2-3,7H2,1H3. The van der Waals surface area contributed by atoms with Gasteiger partial charge in [-0.3, -0.25) is 4.79 Å². The van der Waals surface area contributed by atoms with Crippen molar-refractivity contribution < 1.29 is 14.3 Å². The van der Waals surface area contributed by atoms with Crippen molar-refractivity contribution in [3.63, 3.8) is 0 Å². The first-order valence-electron chi connectivity index (χ1n) is 4.99. The molecule has 0 aliphatic rings. The highest BCUT2D eigenvalue weighted by atomic mass is 79.9. The second-order valence-corrected chi connectivity index (χ2v) is 4.34. The lowest BCUT2D eigenvalue weighted by atomic mass is 10.0. The summed E-state index contributed by atoms with van der Waals surface area (Å²) in [6, 6.07) is 4.97. The summed E-state index contributed by atoms with van der Waals surface area (Å²) in [5.74, 6) is -0.258. The number of Topliss-reactive ketones (excluding diaryl/α,β-unsaturated/α-hetero) is 1. The van der Waals surface area contributed by atoms with Crippen LogP contribution in [0, 0.1) is 0 Å². The number of hydrogen-bond acceptors (Lipinski definition) is 3. The van der Waals surface area contributed by atoms with E-state index < -0.39 is 5.97 Å². The maximum Gasteiger partial charge on any atom is 0.337 e. The number of benzene rings is 1. The van der Waals surface area contributed by atoms with Gasteiger partial charge in [0.05, 0.1) is 12.7 Å². The van der Waals surface area contributed by atoms with E-state index in [9.17, 15) is 9.59 Å². The van der Waals surface area contributed by atoms with Crippen molar-refractivity contribution >= 4 is 39.3 Å². The zero-order chi connectivity index (χ0) is 12.8. The number of methoxy groups -OCH3 is 1. The van der Waals surface area contributed by atoms with Crippen molar-refractivity contribution in [2.75, 3.05) is 13.0 Å². The molecule has 0 spiro atoms. The Morgan fingerprint density at radius 2 is 1.94 bits per heavy atom. The van der Waals surface area contributed by atoms with Gasteiger partial charge in [0.15, 0.2) is 5.78 Å². The van der Waals surface area contributed by atoms with Gasteiger partial charge in [0.2, 0.25) is 0 Å². The third kappa shape index (κ3) is 3.82. The minimum Gasteiger partial charge on any atom is -0.465 e. The topological polar surface area (TPSA) is 43.4 Å². The Labute approximate surface area is 113 Å². The van der Waals surface area contributed by atoms with Crippen LogP contribution in [0.1, 0.15) is 32.7 Å². The van der Waals surface area contributed by atoms with Gasteiger partial charge in [0.1, 0.15) is 0 Å². The highest BCUT2D eigenvalue weighted by Gasteiger charge is 2.12. The van der Waals surface area contributed by atoms with E-state index in [-0.39, 0.29) is 18.1 Å². The molecule has 0 amide bonds. The fraction of sp³-hybridized carbons (Fsp3) is 0.333. The fourth-order valence-corrected chi connectivity index (χ4v) is 1.89. The van der Waals surface area contributed by atoms with Gasteiger partial charge in [-0.25, -0.2) is 4.79 Å². The number of esters is 1. The number of alkyl halides is 2. The smallest absolute Gasteiger partial charge is 0.337 e. The van der Waals surface area contributed by atoms with Crippen molar-refractivity contribution in [2.45, 2.75) is 11.8 Å². The van der Waals surface area contributed by atoms with E-state index in [1.165, 1.54) is 13.2 Å². The predicted molar refractivity (Wildman–Crippen MR) is 70.1 cm³/mol. The van der Waals surface area contributed by atoms with Crippen molar-refractivity contribution in [1.29, 1.82) is 0 Å². The summed E-state index contributed by atoms with van der Waals surface area (Å²) in [5.41, 5.74) is 1.72. The molecule has 0 atom stereocenters. The first kappa shape index (κ1) is 14.2. The van der Waals surface area contributed by atoms with Gasteiger partial charge in [-0.05, 0) is 23.8 Å². The second-order valence-electron chi connectivity index (χ2n) is 3.41. The molecule has 0 unspecified atom stereocenters. The Bertz CT molecular complexity index is 432. The predicted octanol–water partition coefficient (Wildman–Crippen LogP) is 3.18. The van der Waals surface area contributed by atoms with Crippen molar-refractivity contribution in [3.05, 3.63) is 34.9 Å². The van der Waals surface area contributed by atoms with E-state index in [0.717, 1.165) is 5.56 Å². The van der Waals surface area contributed by atoms with E-state index in [2.05, 4.69) is 20.7 Å². The number of carbonyl (C=O) groups excluding carboxylic acids is 2. The average Bonchev–Trinajstić information content (AvgIpc) is 2.37. The third-order valence-electron chi connectivity index (χ3n) is 2.21. The molecule has 0 aromatic heterocycles. The van der Waals surface area contributed by atoms with Crippen molar-refractivity contribution in [1.82, 2.24) is 0 Å². The number of ketones is 1. The molecule has 0 N–H and O–H groups in total. The van der Waals surface area contributed by atoms with Crippen molar-refractivity contribution in [3.8, 4) is 0 Å². The van der Waals surface area contributed by atoms with Gasteiger partial charge in [0, 0.05) is 23.2 Å². The van der Waals surface area contributed by atoms with Crippen LogP contribution in [0.2, 0.25) is 0 Å². The Hall–Kier alpha value is -0.870. The first-order chi connectivity index (χ1) is 8.12. The number of carbonyl (C=O) groups is 2. The normalized spacial score (nSPS) is 10.1. The first-order valence-corrected chi connectivity index (χ1v) is 6.65. The van der Waals surface area contributed by atoms with Crippen LogP contribution in [-0.2, 0) is 10.1 Å². The molecule has 1 aromatic carbocycles. The number of rotatable bonds is 5. The molecule has 0 saturated heterocycles. The summed E-state index contributed by atoms with van der Waals surface area (Å²) in [4.78, 5) is 23.2. The molecule has 3 nitrogen and oxygen atoms in total. The maximum atomic E-state index is 11.7. The van der Waals surface area contributed by atoms with Gasteiger partial charge in [-0.2, -0.15) is 0 Å². The van der Waals surface area contributed by atoms with E-state index in [0.29, 0.717) is 16.5 Å². The number of ether oxygens (including phenoxy) is 1. The molecule has 0 saturated carbocycles. The maximum absolute atomic E-state index is 11.7. The van der Waals surface area contributed by atoms with Gasteiger partial charge in [-0.15, -0.1) is 11.6 Å². The van der Waals surface area contributed by atoms with E-state index in [1.807, 2.05) is 0 Å². The van der Waals surface area contributed by atoms with Crippen LogP contribution in [0.3, 0.4) is 0 Å². The molecular weight excluding hydrogens is 307 g/mol. The third-order valence-corrected chi connectivity index (χ3v) is 3.05. The monoisotopic (exact) mass is 318 g/mol. The molecule has 0 aliphatic carbocycles. The van der Waals surface area contributed by atoms with E-state index in [1.54, 1.807) is 12.1 Å². The van der Waals surface area contributed by atoms with E-state index in [4.69, 9.17) is 11.6 Å². The summed E-state index contributed by atoms with van der Waals surface area (Å²) < 4.78 is 4.64. The zero-order valence-electron chi connectivity index (χ0n) is 9.33. The van der Waals surface area contributed by atoms with Crippen LogP contribution in [-0.4, -0.2) is 24.7 Å². The molecule has 17 heavy (non-hydrogen) atoms. The number of hydrogen-bond donors (Lipinski definition) is 0. The Morgan fingerprint density at radius 1 is 1.29 bits per heavy atom. The van der Waals surface area contributed by atoms with Gasteiger partial charge in [-0.1, -0.05) is 15.9 Å². The van der Waals surface area contributed by atoms with Gasteiger partial charge in [0.25, 0.3) is 0 Å². The molecule has 0 fully saturated rings. The molecule has 1 aromatic rings. The highest BCUT2D eigenvalue weighted by molar-refractivity contribution is 9.08. The van der Waals surface area contributed by atoms with Gasteiger partial charge >= 0.3 is 5.97 Å². The minimum atomic E-state index is -0.451. The van der Waals surface area contributed by atoms with Crippen LogP contribution in [0.15, 0.2) is 18.2 Å². The lowest BCUT2D eigenvalue weighted by Gasteiger charge is -2.06. The summed E-state index contributed by atoms with van der Waals surface area (Å²) in [5, 5.41) is 0.568. The summed E-state index contributed by atoms with van der Waals surface area (Å²) in [6.07, 6.45) is 0.258. The summed E-state index contributed by atoms with van der Waals surface area (Å²) in [6.45, 7) is 0. The Balaban J connectivity index is 3.13. The molecule has 92 valence electrons. The fourth-order valence-electron chi connectivity index (χ4n) is 1.40. The highest BCUT2D eigenvalue weighted by Crippen LogP contribution is 2.16. The molecule has 5 heteroatoms. The van der Waals surface area contributed by atoms with Crippen LogP contribution in [0.5, 0.6) is 0 Å². The minimum absolute atomic E-state index is 0.0760. The number of halogens is 2. The van der Waals surface area contributed by atoms with Crippen LogP contribution in [0.4, 0.5) is 0 Å². The Morgan fingerprint density at radius 3 is 2.47 bits per heavy atom. The lowest BCUT2D eigenvalue weighted by Crippen LogP contribution is -2.06. The Kier molecular flexibility index (Phi) is 5.65. The zero-order valence-corrected chi connectivity index (χ0v) is 11.7. The quantitative estimate of drug-likeness (QED) is 0.475. The SMILES string of the molecule is COC(=O)c1cc(CBr)cc(C(=O)CCCl)c1. The molecule has 0 heterocycles. The molecule has 0 radical (unpaired) electrons. The second kappa shape index (κ2) is 6.77. The molecule has 0 aliphatic heterocycles. The average molecular weight is 320 g/mol. The summed E-state index contributed by atoms with van der Waals surface area (Å²) in [7, 11) is 1.31. The van der Waals surface area contributed by atoms with E-state index >= 15 is 0 Å². The van der Waals surface area contributed by atoms with Crippen LogP contribution >= 0.6 is 27.5 Å². The molecular formula is C12H12BrClO3. The van der Waals surface area contributed by atoms with Gasteiger partial charge < -0.3 is 4.74 Å². The lowest BCUT2D eigenvalue weighted by molar-refractivity contribution is 0.0600. The molecule has 1 rings (SSSR count).